The zero-order valence-corrected chi connectivity index (χ0v) is 15.1. The summed E-state index contributed by atoms with van der Waals surface area (Å²) in [5.41, 5.74) is 1.27. The fourth-order valence-electron chi connectivity index (χ4n) is 2.91. The molecule has 1 saturated carbocycles. The van der Waals surface area contributed by atoms with Gasteiger partial charge in [-0.05, 0) is 31.0 Å². The van der Waals surface area contributed by atoms with E-state index in [0.717, 1.165) is 23.0 Å². The first-order valence-corrected chi connectivity index (χ1v) is 9.15. The standard InChI is InChI=1S/C18H21BrN4O/c19-13-6-5-9-15(10-13)22-17-12-20-16(11-21-17)18(24)23-14-7-3-1-2-4-8-14/h5-6,9-12,14H,1-4,7-8H2,(H,21,22)(H,23,24). The van der Waals surface area contributed by atoms with Gasteiger partial charge in [0.2, 0.25) is 0 Å². The van der Waals surface area contributed by atoms with E-state index >= 15 is 0 Å². The van der Waals surface area contributed by atoms with Crippen LogP contribution in [0.3, 0.4) is 0 Å². The predicted molar refractivity (Wildman–Crippen MR) is 98.4 cm³/mol. The van der Waals surface area contributed by atoms with Gasteiger partial charge in [0, 0.05) is 16.2 Å². The van der Waals surface area contributed by atoms with Crippen molar-refractivity contribution in [3.63, 3.8) is 0 Å². The largest absolute Gasteiger partial charge is 0.348 e. The molecule has 1 amide bonds. The third-order valence-electron chi connectivity index (χ3n) is 4.17. The van der Waals surface area contributed by atoms with Gasteiger partial charge in [0.15, 0.2) is 0 Å². The molecule has 1 aliphatic carbocycles. The van der Waals surface area contributed by atoms with Gasteiger partial charge < -0.3 is 10.6 Å². The number of carbonyl (C=O) groups excluding carboxylic acids is 1. The van der Waals surface area contributed by atoms with E-state index in [1.807, 2.05) is 24.3 Å². The Balaban J connectivity index is 1.60. The van der Waals surface area contributed by atoms with E-state index in [2.05, 4.69) is 36.5 Å². The average Bonchev–Trinajstić information content (AvgIpc) is 2.84. The Morgan fingerprint density at radius 3 is 2.54 bits per heavy atom. The third-order valence-corrected chi connectivity index (χ3v) is 4.67. The number of aromatic nitrogens is 2. The second-order valence-corrected chi connectivity index (χ2v) is 7.00. The van der Waals surface area contributed by atoms with Gasteiger partial charge in [0.1, 0.15) is 11.5 Å². The zero-order valence-electron chi connectivity index (χ0n) is 13.5. The van der Waals surface area contributed by atoms with Crippen LogP contribution in [0.25, 0.3) is 0 Å². The summed E-state index contributed by atoms with van der Waals surface area (Å²) in [6.45, 7) is 0. The van der Waals surface area contributed by atoms with Crippen molar-refractivity contribution in [3.05, 3.63) is 46.8 Å². The number of benzene rings is 1. The van der Waals surface area contributed by atoms with Gasteiger partial charge in [0.05, 0.1) is 12.4 Å². The summed E-state index contributed by atoms with van der Waals surface area (Å²) in [4.78, 5) is 20.8. The number of rotatable bonds is 4. The second-order valence-electron chi connectivity index (χ2n) is 6.08. The van der Waals surface area contributed by atoms with E-state index in [-0.39, 0.29) is 11.9 Å². The average molecular weight is 389 g/mol. The maximum Gasteiger partial charge on any atom is 0.271 e. The summed E-state index contributed by atoms with van der Waals surface area (Å²) in [6.07, 6.45) is 10.1. The predicted octanol–water partition coefficient (Wildman–Crippen LogP) is 4.44. The number of nitrogens with one attached hydrogen (secondary N) is 2. The lowest BCUT2D eigenvalue weighted by Crippen LogP contribution is -2.34. The smallest absolute Gasteiger partial charge is 0.271 e. The fraction of sp³-hybridized carbons (Fsp3) is 0.389. The van der Waals surface area contributed by atoms with E-state index in [1.54, 1.807) is 6.20 Å². The van der Waals surface area contributed by atoms with Crippen molar-refractivity contribution < 1.29 is 4.79 Å². The topological polar surface area (TPSA) is 66.9 Å². The van der Waals surface area contributed by atoms with Crippen LogP contribution in [0.4, 0.5) is 11.5 Å². The molecule has 2 N–H and O–H groups in total. The lowest BCUT2D eigenvalue weighted by atomic mass is 10.1. The molecule has 0 spiro atoms. The number of hydrogen-bond donors (Lipinski definition) is 2. The van der Waals surface area contributed by atoms with Gasteiger partial charge in [-0.15, -0.1) is 0 Å². The highest BCUT2D eigenvalue weighted by Gasteiger charge is 2.16. The van der Waals surface area contributed by atoms with Crippen LogP contribution < -0.4 is 10.6 Å². The van der Waals surface area contributed by atoms with Crippen molar-refractivity contribution >= 4 is 33.3 Å². The van der Waals surface area contributed by atoms with Gasteiger partial charge in [-0.1, -0.05) is 47.7 Å². The van der Waals surface area contributed by atoms with E-state index in [0.29, 0.717) is 11.5 Å². The van der Waals surface area contributed by atoms with E-state index in [4.69, 9.17) is 0 Å². The molecule has 1 aromatic carbocycles. The number of anilines is 2. The van der Waals surface area contributed by atoms with Gasteiger partial charge in [-0.25, -0.2) is 9.97 Å². The van der Waals surface area contributed by atoms with Crippen LogP contribution in [0.2, 0.25) is 0 Å². The Morgan fingerprint density at radius 1 is 1.08 bits per heavy atom. The maximum atomic E-state index is 12.3. The lowest BCUT2D eigenvalue weighted by Gasteiger charge is -2.15. The van der Waals surface area contributed by atoms with E-state index in [1.165, 1.54) is 31.9 Å². The van der Waals surface area contributed by atoms with Crippen LogP contribution >= 0.6 is 15.9 Å². The van der Waals surface area contributed by atoms with Gasteiger partial charge in [-0.2, -0.15) is 0 Å². The zero-order chi connectivity index (χ0) is 16.8. The second kappa shape index (κ2) is 8.24. The fourth-order valence-corrected chi connectivity index (χ4v) is 3.31. The molecule has 0 saturated heterocycles. The van der Waals surface area contributed by atoms with E-state index < -0.39 is 0 Å². The Kier molecular flexibility index (Phi) is 5.80. The summed E-state index contributed by atoms with van der Waals surface area (Å²) in [6, 6.07) is 8.06. The van der Waals surface area contributed by atoms with Gasteiger partial charge in [-0.3, -0.25) is 4.79 Å². The molecular formula is C18H21BrN4O. The highest BCUT2D eigenvalue weighted by Crippen LogP contribution is 2.19. The molecular weight excluding hydrogens is 368 g/mol. The quantitative estimate of drug-likeness (QED) is 0.759. The first-order valence-electron chi connectivity index (χ1n) is 8.36. The van der Waals surface area contributed by atoms with Crippen LogP contribution in [-0.2, 0) is 0 Å². The molecule has 0 radical (unpaired) electrons. The first-order chi connectivity index (χ1) is 11.7. The van der Waals surface area contributed by atoms with Crippen LogP contribution in [0.5, 0.6) is 0 Å². The summed E-state index contributed by atoms with van der Waals surface area (Å²) in [5, 5.41) is 6.25. The molecule has 0 bridgehead atoms. The lowest BCUT2D eigenvalue weighted by molar-refractivity contribution is 0.0928. The molecule has 3 rings (SSSR count). The van der Waals surface area contributed by atoms with Crippen molar-refractivity contribution in [2.24, 2.45) is 0 Å². The maximum absolute atomic E-state index is 12.3. The molecule has 1 heterocycles. The SMILES string of the molecule is O=C(NC1CCCCCC1)c1cnc(Nc2cccc(Br)c2)cn1. The van der Waals surface area contributed by atoms with Gasteiger partial charge in [0.25, 0.3) is 5.91 Å². The highest BCUT2D eigenvalue weighted by molar-refractivity contribution is 9.10. The van der Waals surface area contributed by atoms with Crippen molar-refractivity contribution in [1.82, 2.24) is 15.3 Å². The molecule has 1 fully saturated rings. The van der Waals surface area contributed by atoms with Crippen LogP contribution in [0.1, 0.15) is 49.0 Å². The van der Waals surface area contributed by atoms with E-state index in [9.17, 15) is 4.79 Å². The molecule has 6 heteroatoms. The highest BCUT2D eigenvalue weighted by atomic mass is 79.9. The van der Waals surface area contributed by atoms with Crippen molar-refractivity contribution in [3.8, 4) is 0 Å². The molecule has 1 aliphatic rings. The van der Waals surface area contributed by atoms with Crippen LogP contribution in [-0.4, -0.2) is 21.9 Å². The van der Waals surface area contributed by atoms with Crippen molar-refractivity contribution in [1.29, 1.82) is 0 Å². The Morgan fingerprint density at radius 2 is 1.88 bits per heavy atom. The van der Waals surface area contributed by atoms with Crippen molar-refractivity contribution in [2.75, 3.05) is 5.32 Å². The summed E-state index contributed by atoms with van der Waals surface area (Å²) in [7, 11) is 0. The molecule has 0 unspecified atom stereocenters. The van der Waals surface area contributed by atoms with Crippen LogP contribution in [0.15, 0.2) is 41.1 Å². The molecule has 2 aromatic rings. The normalized spacial score (nSPS) is 15.5. The summed E-state index contributed by atoms with van der Waals surface area (Å²) >= 11 is 3.43. The summed E-state index contributed by atoms with van der Waals surface area (Å²) in [5.74, 6) is 0.475. The minimum atomic E-state index is -0.136. The Bertz CT molecular complexity index is 682. The minimum absolute atomic E-state index is 0.136. The number of nitrogens with zero attached hydrogens (tertiary/aromatic N) is 2. The monoisotopic (exact) mass is 388 g/mol. The third kappa shape index (κ3) is 4.77. The molecule has 24 heavy (non-hydrogen) atoms. The minimum Gasteiger partial charge on any atom is -0.348 e. The molecule has 0 aliphatic heterocycles. The Hall–Kier alpha value is -1.95. The van der Waals surface area contributed by atoms with Crippen molar-refractivity contribution in [2.45, 2.75) is 44.6 Å². The molecule has 5 nitrogen and oxygen atoms in total. The van der Waals surface area contributed by atoms with Gasteiger partial charge >= 0.3 is 0 Å². The van der Waals surface area contributed by atoms with Crippen LogP contribution in [0, 0.1) is 0 Å². The number of hydrogen-bond acceptors (Lipinski definition) is 4. The summed E-state index contributed by atoms with van der Waals surface area (Å²) < 4.78 is 0.986. The first kappa shape index (κ1) is 16.9. The molecule has 0 atom stereocenters. The molecule has 1 aromatic heterocycles. The molecule has 126 valence electrons. The number of carbonyl (C=O) groups is 1. The number of amides is 1. The Labute approximate surface area is 150 Å². The number of halogens is 1.